The van der Waals surface area contributed by atoms with Gasteiger partial charge in [0, 0.05) is 29.6 Å². The zero-order valence-corrected chi connectivity index (χ0v) is 8.82. The number of nitrogens with two attached hydrogens (primary N) is 1. The number of non-ortho nitro benzene ring substituents is 1. The van der Waals surface area contributed by atoms with Gasteiger partial charge in [0.05, 0.1) is 4.92 Å². The van der Waals surface area contributed by atoms with Gasteiger partial charge in [-0.2, -0.15) is 0 Å². The number of nitro benzene ring substituents is 1. The summed E-state index contributed by atoms with van der Waals surface area (Å²) in [6, 6.07) is 2.59. The first kappa shape index (κ1) is 12.8. The van der Waals surface area contributed by atoms with E-state index in [4.69, 9.17) is 17.3 Å². The summed E-state index contributed by atoms with van der Waals surface area (Å²) in [5.41, 5.74) is 5.42. The molecule has 16 heavy (non-hydrogen) atoms. The van der Waals surface area contributed by atoms with Crippen molar-refractivity contribution in [1.82, 2.24) is 0 Å². The quantitative estimate of drug-likeness (QED) is 0.660. The fraction of sp³-hybridized carbons (Fsp3) is 0.333. The van der Waals surface area contributed by atoms with Crippen LogP contribution in [0, 0.1) is 10.1 Å². The molecule has 0 unspecified atom stereocenters. The number of hydrogen-bond acceptors (Lipinski definition) is 3. The third-order valence-corrected chi connectivity index (χ3v) is 2.37. The predicted molar refractivity (Wildman–Crippen MR) is 55.7 cm³/mol. The lowest BCUT2D eigenvalue weighted by Gasteiger charge is -2.12. The van der Waals surface area contributed by atoms with Gasteiger partial charge in [0.25, 0.3) is 5.69 Å². The average molecular weight is 251 g/mol. The van der Waals surface area contributed by atoms with Gasteiger partial charge in [-0.15, -0.1) is 0 Å². The van der Waals surface area contributed by atoms with Crippen LogP contribution in [0.25, 0.3) is 0 Å². The van der Waals surface area contributed by atoms with Crippen LogP contribution in [-0.2, 0) is 0 Å². The third-order valence-electron chi connectivity index (χ3n) is 2.02. The van der Waals surface area contributed by atoms with E-state index in [0.717, 1.165) is 6.07 Å². The monoisotopic (exact) mass is 250 g/mol. The molecule has 1 aromatic carbocycles. The van der Waals surface area contributed by atoms with Crippen molar-refractivity contribution in [3.63, 3.8) is 0 Å². The zero-order valence-electron chi connectivity index (χ0n) is 8.07. The molecule has 0 amide bonds. The Labute approximate surface area is 95.2 Å². The number of nitro groups is 1. The lowest BCUT2D eigenvalue weighted by molar-refractivity contribution is -0.384. The molecular weight excluding hydrogens is 242 g/mol. The first-order valence-electron chi connectivity index (χ1n) is 4.39. The standard InChI is InChI=1S/C9H9ClF2N2O2/c10-7-2-1-5(14(15)16)3-6(7)8(13)4-9(11)12/h1-3,8-9H,4,13H2/t8-/m0/s1. The van der Waals surface area contributed by atoms with Crippen LogP contribution in [0.5, 0.6) is 0 Å². The maximum absolute atomic E-state index is 12.1. The molecule has 0 bridgehead atoms. The van der Waals surface area contributed by atoms with E-state index < -0.39 is 23.8 Å². The third kappa shape index (κ3) is 3.11. The summed E-state index contributed by atoms with van der Waals surface area (Å²) in [4.78, 5) is 9.85. The molecular formula is C9H9ClF2N2O2. The van der Waals surface area contributed by atoms with Gasteiger partial charge in [-0.25, -0.2) is 8.78 Å². The molecule has 7 heteroatoms. The first-order valence-corrected chi connectivity index (χ1v) is 4.77. The normalized spacial score (nSPS) is 12.8. The van der Waals surface area contributed by atoms with Gasteiger partial charge in [0.1, 0.15) is 0 Å². The van der Waals surface area contributed by atoms with Crippen molar-refractivity contribution in [3.05, 3.63) is 38.9 Å². The molecule has 0 aliphatic heterocycles. The van der Waals surface area contributed by atoms with E-state index in [9.17, 15) is 18.9 Å². The summed E-state index contributed by atoms with van der Waals surface area (Å²) in [6.45, 7) is 0. The predicted octanol–water partition coefficient (Wildman–Crippen LogP) is 2.90. The molecule has 0 aromatic heterocycles. The Morgan fingerprint density at radius 3 is 2.62 bits per heavy atom. The number of nitrogens with zero attached hydrogens (tertiary/aromatic N) is 1. The Kier molecular flexibility index (Phi) is 4.14. The summed E-state index contributed by atoms with van der Waals surface area (Å²) in [7, 11) is 0. The molecule has 1 atom stereocenters. The highest BCUT2D eigenvalue weighted by Gasteiger charge is 2.18. The highest BCUT2D eigenvalue weighted by atomic mass is 35.5. The van der Waals surface area contributed by atoms with Gasteiger partial charge in [0.15, 0.2) is 0 Å². The fourth-order valence-electron chi connectivity index (χ4n) is 1.25. The van der Waals surface area contributed by atoms with Crippen LogP contribution in [0.15, 0.2) is 18.2 Å². The van der Waals surface area contributed by atoms with Gasteiger partial charge in [-0.05, 0) is 11.6 Å². The van der Waals surface area contributed by atoms with Crippen LogP contribution in [0.2, 0.25) is 5.02 Å². The van der Waals surface area contributed by atoms with Crippen molar-refractivity contribution in [2.45, 2.75) is 18.9 Å². The average Bonchev–Trinajstić information content (AvgIpc) is 2.16. The molecule has 1 aromatic rings. The lowest BCUT2D eigenvalue weighted by Crippen LogP contribution is -2.14. The van der Waals surface area contributed by atoms with Crippen molar-refractivity contribution in [3.8, 4) is 0 Å². The Morgan fingerprint density at radius 2 is 2.12 bits per heavy atom. The molecule has 0 saturated heterocycles. The van der Waals surface area contributed by atoms with E-state index >= 15 is 0 Å². The lowest BCUT2D eigenvalue weighted by atomic mass is 10.0. The van der Waals surface area contributed by atoms with E-state index in [1.165, 1.54) is 12.1 Å². The van der Waals surface area contributed by atoms with E-state index in [-0.39, 0.29) is 16.3 Å². The van der Waals surface area contributed by atoms with Gasteiger partial charge in [0.2, 0.25) is 6.43 Å². The summed E-state index contributed by atoms with van der Waals surface area (Å²) >= 11 is 5.73. The topological polar surface area (TPSA) is 69.2 Å². The highest BCUT2D eigenvalue weighted by molar-refractivity contribution is 6.31. The van der Waals surface area contributed by atoms with Crippen LogP contribution in [0.3, 0.4) is 0 Å². The number of benzene rings is 1. The van der Waals surface area contributed by atoms with Gasteiger partial charge < -0.3 is 5.73 Å². The molecule has 0 aliphatic rings. The maximum atomic E-state index is 12.1. The fourth-order valence-corrected chi connectivity index (χ4v) is 1.51. The molecule has 0 radical (unpaired) electrons. The van der Waals surface area contributed by atoms with Crippen molar-refractivity contribution >= 4 is 17.3 Å². The first-order chi connectivity index (χ1) is 7.41. The Morgan fingerprint density at radius 1 is 1.50 bits per heavy atom. The smallest absolute Gasteiger partial charge is 0.269 e. The molecule has 0 fully saturated rings. The van der Waals surface area contributed by atoms with E-state index in [2.05, 4.69) is 0 Å². The van der Waals surface area contributed by atoms with Crippen LogP contribution >= 0.6 is 11.6 Å². The van der Waals surface area contributed by atoms with E-state index in [0.29, 0.717) is 0 Å². The van der Waals surface area contributed by atoms with Crippen LogP contribution in [-0.4, -0.2) is 11.3 Å². The summed E-state index contributed by atoms with van der Waals surface area (Å²) in [6.07, 6.45) is -3.16. The zero-order chi connectivity index (χ0) is 12.3. The largest absolute Gasteiger partial charge is 0.324 e. The molecule has 2 N–H and O–H groups in total. The molecule has 0 aliphatic carbocycles. The summed E-state index contributed by atoms with van der Waals surface area (Å²) in [5, 5.41) is 10.6. The molecule has 88 valence electrons. The minimum atomic E-state index is -2.58. The second-order valence-electron chi connectivity index (χ2n) is 3.20. The second-order valence-corrected chi connectivity index (χ2v) is 3.60. The number of rotatable bonds is 4. The maximum Gasteiger partial charge on any atom is 0.269 e. The molecule has 0 spiro atoms. The molecule has 0 heterocycles. The Balaban J connectivity index is 3.02. The highest BCUT2D eigenvalue weighted by Crippen LogP contribution is 2.29. The number of halogens is 3. The molecule has 4 nitrogen and oxygen atoms in total. The number of hydrogen-bond donors (Lipinski definition) is 1. The SMILES string of the molecule is N[C@@H](CC(F)F)c1cc([N+](=O)[O-])ccc1Cl. The Bertz CT molecular complexity index is 401. The van der Waals surface area contributed by atoms with Crippen molar-refractivity contribution in [2.24, 2.45) is 5.73 Å². The second kappa shape index (κ2) is 5.18. The van der Waals surface area contributed by atoms with Crippen molar-refractivity contribution < 1.29 is 13.7 Å². The van der Waals surface area contributed by atoms with Crippen molar-refractivity contribution in [1.29, 1.82) is 0 Å². The van der Waals surface area contributed by atoms with Gasteiger partial charge in [-0.1, -0.05) is 11.6 Å². The van der Waals surface area contributed by atoms with Crippen LogP contribution in [0.1, 0.15) is 18.0 Å². The summed E-state index contributed by atoms with van der Waals surface area (Å²) < 4.78 is 24.2. The van der Waals surface area contributed by atoms with Crippen molar-refractivity contribution in [2.75, 3.05) is 0 Å². The van der Waals surface area contributed by atoms with E-state index in [1.54, 1.807) is 0 Å². The minimum absolute atomic E-state index is 0.152. The van der Waals surface area contributed by atoms with Crippen LogP contribution in [0.4, 0.5) is 14.5 Å². The minimum Gasteiger partial charge on any atom is -0.324 e. The molecule has 0 saturated carbocycles. The summed E-state index contributed by atoms with van der Waals surface area (Å²) in [5.74, 6) is 0. The van der Waals surface area contributed by atoms with Crippen LogP contribution < -0.4 is 5.73 Å². The number of alkyl halides is 2. The Hall–Kier alpha value is -1.27. The van der Waals surface area contributed by atoms with E-state index in [1.807, 2.05) is 0 Å². The molecule has 1 rings (SSSR count). The van der Waals surface area contributed by atoms with Gasteiger partial charge in [-0.3, -0.25) is 10.1 Å². The van der Waals surface area contributed by atoms with Gasteiger partial charge >= 0.3 is 0 Å².